The number of aliphatic hydroxyl groups excluding tert-OH is 1. The first-order valence-corrected chi connectivity index (χ1v) is 4.89. The lowest BCUT2D eigenvalue weighted by atomic mass is 10.3. The minimum absolute atomic E-state index is 0.0225. The van der Waals surface area contributed by atoms with Gasteiger partial charge in [0.15, 0.2) is 0 Å². The predicted molar refractivity (Wildman–Crippen MR) is 59.3 cm³/mol. The van der Waals surface area contributed by atoms with Crippen molar-refractivity contribution in [1.29, 1.82) is 0 Å². The molecule has 6 nitrogen and oxygen atoms in total. The molecule has 0 saturated carbocycles. The molecule has 1 aromatic rings. The van der Waals surface area contributed by atoms with Gasteiger partial charge in [-0.2, -0.15) is 15.0 Å². The summed E-state index contributed by atoms with van der Waals surface area (Å²) >= 11 is 5.73. The minimum Gasteiger partial charge on any atom is -0.394 e. The summed E-state index contributed by atoms with van der Waals surface area (Å²) in [5.74, 6) is 0.836. The van der Waals surface area contributed by atoms with Crippen LogP contribution in [0.4, 0.5) is 11.9 Å². The van der Waals surface area contributed by atoms with E-state index in [0.29, 0.717) is 11.9 Å². The molecule has 0 aliphatic heterocycles. The minimum atomic E-state index is -0.0758. The third-order valence-corrected chi connectivity index (χ3v) is 2.23. The average molecular weight is 232 g/mol. The molecule has 1 rings (SSSR count). The van der Waals surface area contributed by atoms with Gasteiger partial charge in [0, 0.05) is 14.1 Å². The van der Waals surface area contributed by atoms with Crippen LogP contribution in [0.25, 0.3) is 0 Å². The molecule has 1 aromatic heterocycles. The Kier molecular flexibility index (Phi) is 4.05. The molecule has 1 atom stereocenters. The van der Waals surface area contributed by atoms with E-state index in [4.69, 9.17) is 16.7 Å². The van der Waals surface area contributed by atoms with Crippen LogP contribution >= 0.6 is 11.6 Å². The van der Waals surface area contributed by atoms with Crippen LogP contribution in [-0.4, -0.2) is 46.8 Å². The molecule has 0 aliphatic rings. The summed E-state index contributed by atoms with van der Waals surface area (Å²) in [6.45, 7) is 1.88. The fourth-order valence-corrected chi connectivity index (χ4v) is 1.08. The van der Waals surface area contributed by atoms with Crippen molar-refractivity contribution in [2.24, 2.45) is 0 Å². The zero-order valence-corrected chi connectivity index (χ0v) is 9.65. The van der Waals surface area contributed by atoms with Gasteiger partial charge >= 0.3 is 0 Å². The fourth-order valence-electron chi connectivity index (χ4n) is 0.929. The van der Waals surface area contributed by atoms with Gasteiger partial charge in [0.05, 0.1) is 12.6 Å². The highest BCUT2D eigenvalue weighted by Gasteiger charge is 2.13. The van der Waals surface area contributed by atoms with Gasteiger partial charge < -0.3 is 15.3 Å². The van der Waals surface area contributed by atoms with Crippen molar-refractivity contribution in [2.45, 2.75) is 13.0 Å². The Bertz CT molecular complexity index is 335. The van der Waals surface area contributed by atoms with Crippen molar-refractivity contribution < 1.29 is 5.11 Å². The van der Waals surface area contributed by atoms with Crippen LogP contribution in [-0.2, 0) is 0 Å². The number of nitrogens with one attached hydrogen (secondary N) is 1. The summed E-state index contributed by atoms with van der Waals surface area (Å²) in [5, 5.41) is 11.9. The van der Waals surface area contributed by atoms with Crippen LogP contribution in [0, 0.1) is 0 Å². The highest BCUT2D eigenvalue weighted by molar-refractivity contribution is 6.28. The van der Waals surface area contributed by atoms with E-state index in [-0.39, 0.29) is 17.9 Å². The Hall–Kier alpha value is -1.14. The fraction of sp³-hybridized carbons (Fsp3) is 0.625. The van der Waals surface area contributed by atoms with Gasteiger partial charge in [0.2, 0.25) is 17.2 Å². The second-order valence-electron chi connectivity index (χ2n) is 3.12. The van der Waals surface area contributed by atoms with Gasteiger partial charge in [-0.25, -0.2) is 0 Å². The molecule has 1 heterocycles. The standard InChI is InChI=1S/C8H14ClN5O/c1-5(4-15)14(3)8-12-6(9)11-7(10-2)13-8/h5,15H,4H2,1-3H3,(H,10,11,12,13). The lowest BCUT2D eigenvalue weighted by molar-refractivity contribution is 0.269. The molecule has 0 amide bonds. The summed E-state index contributed by atoms with van der Waals surface area (Å²) in [7, 11) is 3.48. The van der Waals surface area contributed by atoms with Crippen molar-refractivity contribution in [1.82, 2.24) is 15.0 Å². The van der Waals surface area contributed by atoms with E-state index in [1.807, 2.05) is 6.92 Å². The maximum Gasteiger partial charge on any atom is 0.231 e. The van der Waals surface area contributed by atoms with Crippen LogP contribution in [0.2, 0.25) is 5.28 Å². The monoisotopic (exact) mass is 231 g/mol. The summed E-state index contributed by atoms with van der Waals surface area (Å²) < 4.78 is 0. The third-order valence-electron chi connectivity index (χ3n) is 2.06. The molecular weight excluding hydrogens is 218 g/mol. The molecule has 0 bridgehead atoms. The van der Waals surface area contributed by atoms with Gasteiger partial charge in [-0.05, 0) is 18.5 Å². The first kappa shape index (κ1) is 11.9. The normalized spacial score (nSPS) is 12.3. The zero-order chi connectivity index (χ0) is 11.4. The zero-order valence-electron chi connectivity index (χ0n) is 8.90. The topological polar surface area (TPSA) is 74.2 Å². The summed E-state index contributed by atoms with van der Waals surface area (Å²) in [6, 6.07) is -0.0758. The van der Waals surface area contributed by atoms with Crippen LogP contribution in [0.3, 0.4) is 0 Å². The van der Waals surface area contributed by atoms with E-state index < -0.39 is 0 Å². The smallest absolute Gasteiger partial charge is 0.231 e. The van der Waals surface area contributed by atoms with Crippen LogP contribution in [0.15, 0.2) is 0 Å². The number of likely N-dealkylation sites (N-methyl/N-ethyl adjacent to an activating group) is 1. The molecule has 84 valence electrons. The predicted octanol–water partition coefficient (Wildman–Crippen LogP) is 0.384. The second-order valence-corrected chi connectivity index (χ2v) is 3.46. The second kappa shape index (κ2) is 5.09. The molecule has 0 fully saturated rings. The maximum atomic E-state index is 9.00. The van der Waals surface area contributed by atoms with Crippen molar-refractivity contribution in [3.8, 4) is 0 Å². The van der Waals surface area contributed by atoms with Crippen molar-refractivity contribution in [3.63, 3.8) is 0 Å². The van der Waals surface area contributed by atoms with E-state index >= 15 is 0 Å². The lowest BCUT2D eigenvalue weighted by Gasteiger charge is -2.23. The number of hydrogen-bond acceptors (Lipinski definition) is 6. The molecule has 0 aromatic carbocycles. The molecular formula is C8H14ClN5O. The van der Waals surface area contributed by atoms with E-state index in [2.05, 4.69) is 20.3 Å². The van der Waals surface area contributed by atoms with Gasteiger partial charge in [-0.1, -0.05) is 0 Å². The number of nitrogens with zero attached hydrogens (tertiary/aromatic N) is 4. The van der Waals surface area contributed by atoms with Crippen LogP contribution in [0.1, 0.15) is 6.92 Å². The summed E-state index contributed by atoms with van der Waals surface area (Å²) in [4.78, 5) is 13.7. The number of aromatic nitrogens is 3. The SMILES string of the molecule is CNc1nc(Cl)nc(N(C)C(C)CO)n1. The Morgan fingerprint density at radius 3 is 2.67 bits per heavy atom. The lowest BCUT2D eigenvalue weighted by Crippen LogP contribution is -2.33. The van der Waals surface area contributed by atoms with Crippen LogP contribution < -0.4 is 10.2 Å². The number of hydrogen-bond donors (Lipinski definition) is 2. The van der Waals surface area contributed by atoms with E-state index in [1.54, 1.807) is 19.0 Å². The number of halogens is 1. The quantitative estimate of drug-likeness (QED) is 0.781. The summed E-state index contributed by atoms with van der Waals surface area (Å²) in [6.07, 6.45) is 0. The number of anilines is 2. The van der Waals surface area contributed by atoms with E-state index in [1.165, 1.54) is 0 Å². The third kappa shape index (κ3) is 2.90. The van der Waals surface area contributed by atoms with Gasteiger partial charge in [-0.15, -0.1) is 0 Å². The van der Waals surface area contributed by atoms with Gasteiger partial charge in [0.25, 0.3) is 0 Å². The van der Waals surface area contributed by atoms with Crippen molar-refractivity contribution >= 4 is 23.5 Å². The van der Waals surface area contributed by atoms with Gasteiger partial charge in [0.1, 0.15) is 0 Å². The molecule has 7 heteroatoms. The molecule has 0 saturated heterocycles. The first-order chi connectivity index (χ1) is 7.08. The van der Waals surface area contributed by atoms with E-state index in [0.717, 1.165) is 0 Å². The molecule has 0 spiro atoms. The Balaban J connectivity index is 2.97. The largest absolute Gasteiger partial charge is 0.394 e. The maximum absolute atomic E-state index is 9.00. The number of aliphatic hydroxyl groups is 1. The number of rotatable bonds is 4. The first-order valence-electron chi connectivity index (χ1n) is 4.51. The molecule has 15 heavy (non-hydrogen) atoms. The van der Waals surface area contributed by atoms with Gasteiger partial charge in [-0.3, -0.25) is 0 Å². The highest BCUT2D eigenvalue weighted by Crippen LogP contribution is 2.13. The molecule has 2 N–H and O–H groups in total. The Morgan fingerprint density at radius 2 is 2.13 bits per heavy atom. The van der Waals surface area contributed by atoms with Crippen molar-refractivity contribution in [3.05, 3.63) is 5.28 Å². The highest BCUT2D eigenvalue weighted by atomic mass is 35.5. The molecule has 0 aliphatic carbocycles. The van der Waals surface area contributed by atoms with Crippen LogP contribution in [0.5, 0.6) is 0 Å². The summed E-state index contributed by atoms with van der Waals surface area (Å²) in [5.41, 5.74) is 0. The molecule has 0 radical (unpaired) electrons. The average Bonchev–Trinajstić information content (AvgIpc) is 2.26. The Labute approximate surface area is 93.3 Å². The van der Waals surface area contributed by atoms with E-state index in [9.17, 15) is 0 Å². The van der Waals surface area contributed by atoms with Crippen molar-refractivity contribution in [2.75, 3.05) is 30.9 Å². The Morgan fingerprint density at radius 1 is 1.47 bits per heavy atom. The molecule has 1 unspecified atom stereocenters.